The van der Waals surface area contributed by atoms with E-state index in [2.05, 4.69) is 34.1 Å². The van der Waals surface area contributed by atoms with E-state index in [0.717, 1.165) is 32.7 Å². The minimum atomic E-state index is 0. The van der Waals surface area contributed by atoms with Crippen molar-refractivity contribution < 1.29 is 4.74 Å². The van der Waals surface area contributed by atoms with Crippen LogP contribution in [0.15, 0.2) is 36.5 Å². The van der Waals surface area contributed by atoms with Crippen molar-refractivity contribution in [3.05, 3.63) is 47.0 Å². The highest BCUT2D eigenvalue weighted by atomic mass is 35.5. The molecule has 6 heteroatoms. The van der Waals surface area contributed by atoms with E-state index >= 15 is 0 Å². The van der Waals surface area contributed by atoms with Gasteiger partial charge in [0, 0.05) is 30.7 Å². The number of thiazole rings is 1. The number of anilines is 1. The van der Waals surface area contributed by atoms with Crippen LogP contribution in [0.1, 0.15) is 10.4 Å². The Morgan fingerprint density at radius 2 is 2.14 bits per heavy atom. The van der Waals surface area contributed by atoms with Gasteiger partial charge in [0.15, 0.2) is 5.13 Å². The molecule has 2 heterocycles. The van der Waals surface area contributed by atoms with Gasteiger partial charge in [0.25, 0.3) is 0 Å². The molecular weight excluding hydrogens is 306 g/mol. The minimum Gasteiger partial charge on any atom is -0.375 e. The lowest BCUT2D eigenvalue weighted by Crippen LogP contribution is -2.42. The molecule has 21 heavy (non-hydrogen) atoms. The number of morpholine rings is 1. The van der Waals surface area contributed by atoms with Crippen LogP contribution in [0.5, 0.6) is 0 Å². The first-order valence-corrected chi connectivity index (χ1v) is 7.69. The second kappa shape index (κ2) is 7.75. The van der Waals surface area contributed by atoms with Gasteiger partial charge in [-0.15, -0.1) is 23.7 Å². The van der Waals surface area contributed by atoms with Gasteiger partial charge in [-0.25, -0.2) is 4.98 Å². The fraction of sp³-hybridized carbons (Fsp3) is 0.400. The van der Waals surface area contributed by atoms with Gasteiger partial charge >= 0.3 is 0 Å². The van der Waals surface area contributed by atoms with Crippen LogP contribution in [-0.4, -0.2) is 35.7 Å². The summed E-state index contributed by atoms with van der Waals surface area (Å²) in [5.74, 6) is 0. The first-order chi connectivity index (χ1) is 9.79. The summed E-state index contributed by atoms with van der Waals surface area (Å²) in [5.41, 5.74) is 7.01. The maximum Gasteiger partial charge on any atom is 0.180 e. The molecule has 0 amide bonds. The van der Waals surface area contributed by atoms with Crippen LogP contribution in [0.25, 0.3) is 0 Å². The van der Waals surface area contributed by atoms with Crippen LogP contribution < -0.4 is 5.73 Å². The normalized spacial score (nSPS) is 19.1. The highest BCUT2D eigenvalue weighted by Gasteiger charge is 2.21. The summed E-state index contributed by atoms with van der Waals surface area (Å²) < 4.78 is 5.88. The van der Waals surface area contributed by atoms with Crippen molar-refractivity contribution in [1.29, 1.82) is 0 Å². The van der Waals surface area contributed by atoms with Gasteiger partial charge in [-0.1, -0.05) is 30.3 Å². The fourth-order valence-electron chi connectivity index (χ4n) is 2.54. The van der Waals surface area contributed by atoms with Gasteiger partial charge in [0.1, 0.15) is 0 Å². The summed E-state index contributed by atoms with van der Waals surface area (Å²) in [4.78, 5) is 7.75. The highest BCUT2D eigenvalue weighted by molar-refractivity contribution is 7.15. The third kappa shape index (κ3) is 4.68. The molecule has 3 rings (SSSR count). The van der Waals surface area contributed by atoms with Crippen LogP contribution in [0.3, 0.4) is 0 Å². The van der Waals surface area contributed by atoms with Crippen LogP contribution in [0.4, 0.5) is 5.13 Å². The van der Waals surface area contributed by atoms with Gasteiger partial charge in [-0.05, 0) is 12.0 Å². The van der Waals surface area contributed by atoms with Crippen LogP contribution in [0, 0.1) is 0 Å². The number of rotatable bonds is 4. The summed E-state index contributed by atoms with van der Waals surface area (Å²) in [7, 11) is 0. The highest BCUT2D eigenvalue weighted by Crippen LogP contribution is 2.19. The molecule has 0 spiro atoms. The Balaban J connectivity index is 0.00000161. The Kier molecular flexibility index (Phi) is 5.99. The molecule has 1 aliphatic heterocycles. The number of ether oxygens (including phenoxy) is 1. The molecular formula is C15H20ClN3OS. The molecule has 0 bridgehead atoms. The van der Waals surface area contributed by atoms with Crippen LogP contribution in [0.2, 0.25) is 0 Å². The fourth-order valence-corrected chi connectivity index (χ4v) is 3.27. The maximum atomic E-state index is 5.88. The zero-order chi connectivity index (χ0) is 13.8. The van der Waals surface area contributed by atoms with Crippen LogP contribution >= 0.6 is 23.7 Å². The Bertz CT molecular complexity index is 549. The van der Waals surface area contributed by atoms with Crippen molar-refractivity contribution in [2.75, 3.05) is 25.4 Å². The molecule has 1 fully saturated rings. The molecule has 0 saturated carbocycles. The smallest absolute Gasteiger partial charge is 0.180 e. The number of nitrogen functional groups attached to an aromatic ring is 1. The molecule has 1 aliphatic rings. The monoisotopic (exact) mass is 325 g/mol. The number of aromatic nitrogens is 1. The average molecular weight is 326 g/mol. The molecule has 1 atom stereocenters. The number of nitrogens with two attached hydrogens (primary N) is 1. The molecule has 2 N–H and O–H groups in total. The molecule has 2 aromatic rings. The third-order valence-corrected chi connectivity index (χ3v) is 4.29. The summed E-state index contributed by atoms with van der Waals surface area (Å²) in [6.07, 6.45) is 3.13. The SMILES string of the molecule is Cl.Nc1ncc(CN2CCOC(Cc3ccccc3)C2)s1. The number of hydrogen-bond acceptors (Lipinski definition) is 5. The first-order valence-electron chi connectivity index (χ1n) is 6.87. The van der Waals surface area contributed by atoms with E-state index in [1.807, 2.05) is 12.3 Å². The second-order valence-electron chi connectivity index (χ2n) is 5.08. The molecule has 1 aromatic carbocycles. The standard InChI is InChI=1S/C15H19N3OS.ClH/c16-15-17-9-14(20-15)11-18-6-7-19-13(10-18)8-12-4-2-1-3-5-12;/h1-5,9,13H,6-8,10-11H2,(H2,16,17);1H. The van der Waals surface area contributed by atoms with Crippen molar-refractivity contribution in [2.24, 2.45) is 0 Å². The number of hydrogen-bond donors (Lipinski definition) is 1. The van der Waals surface area contributed by atoms with E-state index in [0.29, 0.717) is 5.13 Å². The topological polar surface area (TPSA) is 51.4 Å². The van der Waals surface area contributed by atoms with E-state index in [1.54, 1.807) is 11.3 Å². The maximum absolute atomic E-state index is 5.88. The Hall–Kier alpha value is -1.14. The van der Waals surface area contributed by atoms with E-state index in [-0.39, 0.29) is 18.5 Å². The van der Waals surface area contributed by atoms with Crippen molar-refractivity contribution in [1.82, 2.24) is 9.88 Å². The average Bonchev–Trinajstić information content (AvgIpc) is 2.86. The summed E-state index contributed by atoms with van der Waals surface area (Å²) in [6.45, 7) is 3.66. The van der Waals surface area contributed by atoms with Crippen LogP contribution in [-0.2, 0) is 17.7 Å². The Morgan fingerprint density at radius 1 is 1.33 bits per heavy atom. The van der Waals surface area contributed by atoms with E-state index in [9.17, 15) is 0 Å². The Morgan fingerprint density at radius 3 is 2.86 bits per heavy atom. The number of benzene rings is 1. The van der Waals surface area contributed by atoms with Gasteiger partial charge in [-0.2, -0.15) is 0 Å². The molecule has 1 aromatic heterocycles. The van der Waals surface area contributed by atoms with Gasteiger partial charge < -0.3 is 10.5 Å². The molecule has 0 aliphatic carbocycles. The Labute approximate surface area is 135 Å². The third-order valence-electron chi connectivity index (χ3n) is 3.48. The molecule has 1 saturated heterocycles. The summed E-state index contributed by atoms with van der Waals surface area (Å²) in [6, 6.07) is 10.5. The molecule has 1 unspecified atom stereocenters. The lowest BCUT2D eigenvalue weighted by Gasteiger charge is -2.32. The molecule has 4 nitrogen and oxygen atoms in total. The second-order valence-corrected chi connectivity index (χ2v) is 6.23. The quantitative estimate of drug-likeness (QED) is 0.938. The van der Waals surface area contributed by atoms with E-state index < -0.39 is 0 Å². The summed E-state index contributed by atoms with van der Waals surface area (Å²) in [5, 5.41) is 0.647. The number of nitrogens with zero attached hydrogens (tertiary/aromatic N) is 2. The molecule has 0 radical (unpaired) electrons. The predicted molar refractivity (Wildman–Crippen MR) is 88.9 cm³/mol. The van der Waals surface area contributed by atoms with Crippen molar-refractivity contribution >= 4 is 28.9 Å². The molecule has 114 valence electrons. The predicted octanol–water partition coefficient (Wildman–Crippen LogP) is 2.59. The number of halogens is 1. The van der Waals surface area contributed by atoms with E-state index in [1.165, 1.54) is 10.4 Å². The van der Waals surface area contributed by atoms with E-state index in [4.69, 9.17) is 10.5 Å². The van der Waals surface area contributed by atoms with Gasteiger partial charge in [0.2, 0.25) is 0 Å². The zero-order valence-corrected chi connectivity index (χ0v) is 13.4. The zero-order valence-electron chi connectivity index (χ0n) is 11.8. The van der Waals surface area contributed by atoms with Crippen molar-refractivity contribution in [3.8, 4) is 0 Å². The minimum absolute atomic E-state index is 0. The lowest BCUT2D eigenvalue weighted by atomic mass is 10.1. The van der Waals surface area contributed by atoms with Gasteiger partial charge in [-0.3, -0.25) is 4.90 Å². The lowest BCUT2D eigenvalue weighted by molar-refractivity contribution is -0.0302. The first kappa shape index (κ1) is 16.2. The van der Waals surface area contributed by atoms with Crippen molar-refractivity contribution in [3.63, 3.8) is 0 Å². The van der Waals surface area contributed by atoms with Gasteiger partial charge in [0.05, 0.1) is 12.7 Å². The summed E-state index contributed by atoms with van der Waals surface area (Å²) >= 11 is 1.57. The largest absolute Gasteiger partial charge is 0.375 e. The van der Waals surface area contributed by atoms with Crippen molar-refractivity contribution in [2.45, 2.75) is 19.1 Å².